The van der Waals surface area contributed by atoms with Gasteiger partial charge in [0.2, 0.25) is 0 Å². The largest absolute Gasteiger partial charge is 0.453 e. The van der Waals surface area contributed by atoms with E-state index in [-0.39, 0.29) is 6.04 Å². The molecule has 3 aromatic rings. The average Bonchev–Trinajstić information content (AvgIpc) is 2.86. The number of pyridine rings is 1. The molecule has 1 aromatic carbocycles. The van der Waals surface area contributed by atoms with E-state index in [9.17, 15) is 0 Å². The molecule has 0 spiro atoms. The Morgan fingerprint density at radius 1 is 1.26 bits per heavy atom. The second kappa shape index (κ2) is 5.03. The van der Waals surface area contributed by atoms with E-state index >= 15 is 0 Å². The lowest BCUT2D eigenvalue weighted by atomic mass is 10.00. The molecule has 1 atom stereocenters. The Morgan fingerprint density at radius 3 is 2.89 bits per heavy atom. The first-order valence-electron chi connectivity index (χ1n) is 6.04. The maximum atomic E-state index is 6.06. The molecule has 0 fully saturated rings. The van der Waals surface area contributed by atoms with Crippen LogP contribution in [0.2, 0.25) is 5.22 Å². The maximum Gasteiger partial charge on any atom is 0.198 e. The van der Waals surface area contributed by atoms with Crippen LogP contribution in [0.15, 0.2) is 53.3 Å². The molecule has 2 heterocycles. The first kappa shape index (κ1) is 12.2. The van der Waals surface area contributed by atoms with E-state index in [1.165, 1.54) is 0 Å². The lowest BCUT2D eigenvalue weighted by molar-refractivity contribution is 0.559. The fourth-order valence-corrected chi connectivity index (χ4v) is 2.50. The molecule has 0 saturated heterocycles. The Morgan fingerprint density at radius 2 is 2.16 bits per heavy atom. The number of furan rings is 1. The molecular weight excluding hydrogens is 260 g/mol. The third-order valence-electron chi connectivity index (χ3n) is 3.21. The summed E-state index contributed by atoms with van der Waals surface area (Å²) in [6.07, 6.45) is 3.40. The predicted octanol–water partition coefficient (Wildman–Crippen LogP) is 3.79. The highest BCUT2D eigenvalue weighted by atomic mass is 35.5. The van der Waals surface area contributed by atoms with Crippen molar-refractivity contribution in [2.45, 2.75) is 6.04 Å². The number of rotatable bonds is 3. The standard InChI is InChI=1S/C15H13ClN2O/c1-17-14(12-6-8-19-15(12)16)11-5-4-10-3-2-7-18-13(10)9-11/h2-9,14,17H,1H3. The van der Waals surface area contributed by atoms with Gasteiger partial charge in [0.1, 0.15) is 0 Å². The molecule has 2 aromatic heterocycles. The van der Waals surface area contributed by atoms with E-state index in [1.54, 1.807) is 12.5 Å². The van der Waals surface area contributed by atoms with Crippen LogP contribution >= 0.6 is 11.6 Å². The topological polar surface area (TPSA) is 38.1 Å². The normalized spacial score (nSPS) is 12.7. The number of hydrogen-bond donors (Lipinski definition) is 1. The molecule has 3 nitrogen and oxygen atoms in total. The van der Waals surface area contributed by atoms with Gasteiger partial charge in [-0.15, -0.1) is 0 Å². The van der Waals surface area contributed by atoms with Crippen LogP contribution in [-0.2, 0) is 0 Å². The minimum atomic E-state index is -0.00217. The Labute approximate surface area is 116 Å². The predicted molar refractivity (Wildman–Crippen MR) is 76.4 cm³/mol. The van der Waals surface area contributed by atoms with Gasteiger partial charge in [0.05, 0.1) is 17.8 Å². The fraction of sp³-hybridized carbons (Fsp3) is 0.133. The number of hydrogen-bond acceptors (Lipinski definition) is 3. The molecular formula is C15H13ClN2O. The van der Waals surface area contributed by atoms with E-state index in [0.717, 1.165) is 22.0 Å². The van der Waals surface area contributed by atoms with Crippen LogP contribution in [0, 0.1) is 0 Å². The van der Waals surface area contributed by atoms with Crippen LogP contribution in [0.3, 0.4) is 0 Å². The first-order chi connectivity index (χ1) is 9.29. The zero-order chi connectivity index (χ0) is 13.2. The summed E-state index contributed by atoms with van der Waals surface area (Å²) in [6, 6.07) is 12.1. The van der Waals surface area contributed by atoms with Crippen LogP contribution < -0.4 is 5.32 Å². The molecule has 3 rings (SSSR count). The summed E-state index contributed by atoms with van der Waals surface area (Å²) >= 11 is 6.06. The number of halogens is 1. The van der Waals surface area contributed by atoms with Gasteiger partial charge in [-0.2, -0.15) is 0 Å². The van der Waals surface area contributed by atoms with Crippen LogP contribution in [0.4, 0.5) is 0 Å². The zero-order valence-electron chi connectivity index (χ0n) is 10.4. The number of aromatic nitrogens is 1. The van der Waals surface area contributed by atoms with Crippen LogP contribution in [0.25, 0.3) is 10.9 Å². The van der Waals surface area contributed by atoms with E-state index in [4.69, 9.17) is 16.0 Å². The smallest absolute Gasteiger partial charge is 0.198 e. The molecule has 0 aliphatic heterocycles. The van der Waals surface area contributed by atoms with Crippen molar-refractivity contribution in [2.24, 2.45) is 0 Å². The molecule has 19 heavy (non-hydrogen) atoms. The molecule has 1 unspecified atom stereocenters. The van der Waals surface area contributed by atoms with Gasteiger partial charge in [0, 0.05) is 17.1 Å². The monoisotopic (exact) mass is 272 g/mol. The summed E-state index contributed by atoms with van der Waals surface area (Å²) in [6.45, 7) is 0. The van der Waals surface area contributed by atoms with Gasteiger partial charge in [-0.3, -0.25) is 4.98 Å². The van der Waals surface area contributed by atoms with Crippen molar-refractivity contribution in [3.05, 3.63) is 65.2 Å². The van der Waals surface area contributed by atoms with Gasteiger partial charge in [0.25, 0.3) is 0 Å². The maximum absolute atomic E-state index is 6.06. The number of nitrogens with zero attached hydrogens (tertiary/aromatic N) is 1. The molecule has 0 aliphatic rings. The second-order valence-corrected chi connectivity index (χ2v) is 4.67. The lowest BCUT2D eigenvalue weighted by Crippen LogP contribution is -2.17. The van der Waals surface area contributed by atoms with Crippen molar-refractivity contribution >= 4 is 22.5 Å². The van der Waals surface area contributed by atoms with E-state index in [1.807, 2.05) is 25.2 Å². The molecule has 4 heteroatoms. The lowest BCUT2D eigenvalue weighted by Gasteiger charge is -2.16. The Balaban J connectivity index is 2.09. The van der Waals surface area contributed by atoms with E-state index in [2.05, 4.69) is 28.5 Å². The van der Waals surface area contributed by atoms with Crippen LogP contribution in [0.5, 0.6) is 0 Å². The van der Waals surface area contributed by atoms with Gasteiger partial charge >= 0.3 is 0 Å². The highest BCUT2D eigenvalue weighted by Gasteiger charge is 2.17. The Bertz CT molecular complexity index is 708. The van der Waals surface area contributed by atoms with Gasteiger partial charge < -0.3 is 9.73 Å². The van der Waals surface area contributed by atoms with Crippen LogP contribution in [-0.4, -0.2) is 12.0 Å². The Kier molecular flexibility index (Phi) is 3.23. The molecule has 0 radical (unpaired) electrons. The van der Waals surface area contributed by atoms with E-state index in [0.29, 0.717) is 5.22 Å². The highest BCUT2D eigenvalue weighted by Crippen LogP contribution is 2.30. The second-order valence-electron chi connectivity index (χ2n) is 4.33. The Hall–Kier alpha value is -1.84. The summed E-state index contributed by atoms with van der Waals surface area (Å²) in [5.74, 6) is 0. The molecule has 0 bridgehead atoms. The fourth-order valence-electron chi connectivity index (χ4n) is 2.28. The summed E-state index contributed by atoms with van der Waals surface area (Å²) < 4.78 is 5.17. The summed E-state index contributed by atoms with van der Waals surface area (Å²) in [5, 5.41) is 4.80. The third-order valence-corrected chi connectivity index (χ3v) is 3.52. The third kappa shape index (κ3) is 2.23. The molecule has 96 valence electrons. The minimum Gasteiger partial charge on any atom is -0.453 e. The van der Waals surface area contributed by atoms with Gasteiger partial charge in [-0.25, -0.2) is 0 Å². The van der Waals surface area contributed by atoms with Gasteiger partial charge in [0.15, 0.2) is 5.22 Å². The number of fused-ring (bicyclic) bond motifs is 1. The van der Waals surface area contributed by atoms with Gasteiger partial charge in [-0.05, 0) is 42.4 Å². The molecule has 0 saturated carbocycles. The van der Waals surface area contributed by atoms with Crippen molar-refractivity contribution in [3.63, 3.8) is 0 Å². The van der Waals surface area contributed by atoms with Crippen molar-refractivity contribution < 1.29 is 4.42 Å². The number of nitrogens with one attached hydrogen (secondary N) is 1. The SMILES string of the molecule is CNC(c1ccc2cccnc2c1)c1ccoc1Cl. The van der Waals surface area contributed by atoms with Crippen molar-refractivity contribution in [1.82, 2.24) is 10.3 Å². The highest BCUT2D eigenvalue weighted by molar-refractivity contribution is 6.29. The minimum absolute atomic E-state index is 0.00217. The molecule has 0 amide bonds. The molecule has 1 N–H and O–H groups in total. The summed E-state index contributed by atoms with van der Waals surface area (Å²) in [7, 11) is 1.90. The average molecular weight is 273 g/mol. The summed E-state index contributed by atoms with van der Waals surface area (Å²) in [4.78, 5) is 4.38. The summed E-state index contributed by atoms with van der Waals surface area (Å²) in [5.41, 5.74) is 3.01. The quantitative estimate of drug-likeness (QED) is 0.788. The van der Waals surface area contributed by atoms with Crippen molar-refractivity contribution in [1.29, 1.82) is 0 Å². The van der Waals surface area contributed by atoms with Crippen molar-refractivity contribution in [2.75, 3.05) is 7.05 Å². The van der Waals surface area contributed by atoms with Crippen molar-refractivity contribution in [3.8, 4) is 0 Å². The molecule has 0 aliphatic carbocycles. The van der Waals surface area contributed by atoms with E-state index < -0.39 is 0 Å². The first-order valence-corrected chi connectivity index (χ1v) is 6.42. The number of benzene rings is 1. The van der Waals surface area contributed by atoms with Crippen LogP contribution in [0.1, 0.15) is 17.2 Å². The van der Waals surface area contributed by atoms with Gasteiger partial charge in [-0.1, -0.05) is 18.2 Å². The zero-order valence-corrected chi connectivity index (χ0v) is 11.2.